The van der Waals surface area contributed by atoms with Crippen LogP contribution < -0.4 is 20.1 Å². The number of ether oxygens (including phenoxy) is 2. The van der Waals surface area contributed by atoms with Crippen molar-refractivity contribution in [2.24, 2.45) is 9.98 Å². The summed E-state index contributed by atoms with van der Waals surface area (Å²) in [5.41, 5.74) is 3.06. The first-order chi connectivity index (χ1) is 20.5. The molecular formula is C31H29N5O5S. The van der Waals surface area contributed by atoms with Crippen LogP contribution in [0, 0.1) is 0 Å². The van der Waals surface area contributed by atoms with Crippen molar-refractivity contribution in [2.45, 2.75) is 37.5 Å². The molecule has 3 aromatic rings. The molecule has 0 aromatic heterocycles. The maximum Gasteiger partial charge on any atom is 0.259 e. The summed E-state index contributed by atoms with van der Waals surface area (Å²) in [5.74, 6) is 0.824. The van der Waals surface area contributed by atoms with Crippen molar-refractivity contribution in [3.63, 3.8) is 0 Å². The Labute approximate surface area is 247 Å². The number of aliphatic imine (C=N–C) groups is 2. The molecular weight excluding hydrogens is 554 g/mol. The molecule has 214 valence electrons. The lowest BCUT2D eigenvalue weighted by molar-refractivity contribution is -0.128. The van der Waals surface area contributed by atoms with Crippen LogP contribution in [0.15, 0.2) is 82.8 Å². The predicted molar refractivity (Wildman–Crippen MR) is 161 cm³/mol. The number of rotatable bonds is 9. The zero-order valence-corrected chi connectivity index (χ0v) is 23.7. The Balaban J connectivity index is 1.16. The van der Waals surface area contributed by atoms with Gasteiger partial charge in [0, 0.05) is 23.9 Å². The molecule has 0 unspecified atom stereocenters. The van der Waals surface area contributed by atoms with Crippen molar-refractivity contribution in [1.82, 2.24) is 10.2 Å². The highest BCUT2D eigenvalue weighted by molar-refractivity contribution is 8.15. The molecule has 42 heavy (non-hydrogen) atoms. The lowest BCUT2D eigenvalue weighted by Gasteiger charge is -2.27. The smallest absolute Gasteiger partial charge is 0.259 e. The summed E-state index contributed by atoms with van der Waals surface area (Å²) in [7, 11) is 0. The molecule has 3 heterocycles. The van der Waals surface area contributed by atoms with Gasteiger partial charge >= 0.3 is 0 Å². The topological polar surface area (TPSA) is 122 Å². The van der Waals surface area contributed by atoms with Crippen LogP contribution in [0.1, 0.15) is 30.9 Å². The van der Waals surface area contributed by atoms with Gasteiger partial charge in [-0.05, 0) is 42.7 Å². The van der Waals surface area contributed by atoms with Gasteiger partial charge in [0.05, 0.1) is 17.4 Å². The van der Waals surface area contributed by atoms with Crippen molar-refractivity contribution in [1.29, 1.82) is 0 Å². The van der Waals surface area contributed by atoms with Gasteiger partial charge in [0.25, 0.3) is 5.91 Å². The largest absolute Gasteiger partial charge is 0.454 e. The SMILES string of the molecule is CC[C@H](SC1=Nc2ccccc2C2=N[C@@H](CC(=O)NCCc3ccccc3)C(=O)N12)C(=O)Nc1ccc2c(c1)OCO2. The van der Waals surface area contributed by atoms with Crippen LogP contribution >= 0.6 is 11.8 Å². The quantitative estimate of drug-likeness (QED) is 0.388. The molecule has 0 radical (unpaired) electrons. The molecule has 2 N–H and O–H groups in total. The minimum absolute atomic E-state index is 0.0739. The Morgan fingerprint density at radius 2 is 1.83 bits per heavy atom. The van der Waals surface area contributed by atoms with Gasteiger partial charge in [-0.15, -0.1) is 0 Å². The molecule has 3 aliphatic heterocycles. The zero-order chi connectivity index (χ0) is 29.1. The highest BCUT2D eigenvalue weighted by Gasteiger charge is 2.43. The number of amides is 3. The summed E-state index contributed by atoms with van der Waals surface area (Å²) < 4.78 is 10.8. The summed E-state index contributed by atoms with van der Waals surface area (Å²) >= 11 is 1.20. The Morgan fingerprint density at radius 1 is 1.05 bits per heavy atom. The molecule has 11 heteroatoms. The predicted octanol–water partition coefficient (Wildman–Crippen LogP) is 4.27. The van der Waals surface area contributed by atoms with Crippen molar-refractivity contribution in [3.8, 4) is 11.5 Å². The molecule has 10 nitrogen and oxygen atoms in total. The maximum absolute atomic E-state index is 13.6. The molecule has 3 aliphatic rings. The lowest BCUT2D eigenvalue weighted by Crippen LogP contribution is -2.43. The van der Waals surface area contributed by atoms with Crippen LogP contribution in [0.25, 0.3) is 0 Å². The number of benzene rings is 3. The molecule has 3 aromatic carbocycles. The van der Waals surface area contributed by atoms with E-state index in [0.29, 0.717) is 58.8 Å². The summed E-state index contributed by atoms with van der Waals surface area (Å²) in [6.07, 6.45) is 1.11. The average Bonchev–Trinajstić information content (AvgIpc) is 3.60. The molecule has 6 rings (SSSR count). The standard InChI is InChI=1S/C31H29N5O5S/c1-2-26(29(38)33-20-12-13-24-25(16-20)41-18-40-24)42-31-35-22-11-7-6-10-21(22)28-34-23(30(39)36(28)31)17-27(37)32-15-14-19-8-4-3-5-9-19/h3-13,16,23,26H,2,14-15,17-18H2,1H3,(H,32,37)(H,33,38)/t23-,26-/m0/s1. The van der Waals surface area contributed by atoms with Crippen LogP contribution in [0.3, 0.4) is 0 Å². The number of fused-ring (bicyclic) bond motifs is 4. The minimum Gasteiger partial charge on any atom is -0.454 e. The molecule has 0 fully saturated rings. The number of thioether (sulfide) groups is 1. The minimum atomic E-state index is -0.879. The van der Waals surface area contributed by atoms with E-state index in [1.165, 1.54) is 16.7 Å². The second-order valence-corrected chi connectivity index (χ2v) is 11.1. The van der Waals surface area contributed by atoms with E-state index >= 15 is 0 Å². The second kappa shape index (κ2) is 12.1. The average molecular weight is 584 g/mol. The Hall–Kier alpha value is -4.64. The van der Waals surface area contributed by atoms with Gasteiger partial charge in [-0.1, -0.05) is 61.2 Å². The number of carbonyl (C=O) groups is 3. The third-order valence-corrected chi connectivity index (χ3v) is 8.37. The van der Waals surface area contributed by atoms with E-state index in [-0.39, 0.29) is 30.9 Å². The number of nitrogens with one attached hydrogen (secondary N) is 2. The van der Waals surface area contributed by atoms with Crippen LogP contribution in [-0.4, -0.2) is 58.3 Å². The maximum atomic E-state index is 13.6. The van der Waals surface area contributed by atoms with Gasteiger partial charge in [-0.2, -0.15) is 0 Å². The van der Waals surface area contributed by atoms with E-state index in [9.17, 15) is 14.4 Å². The van der Waals surface area contributed by atoms with Crippen molar-refractivity contribution < 1.29 is 23.9 Å². The lowest BCUT2D eigenvalue weighted by atomic mass is 10.1. The van der Waals surface area contributed by atoms with E-state index in [1.807, 2.05) is 61.5 Å². The zero-order valence-electron chi connectivity index (χ0n) is 22.9. The fourth-order valence-electron chi connectivity index (χ4n) is 4.90. The summed E-state index contributed by atoms with van der Waals surface area (Å²) in [6.45, 7) is 2.51. The third-order valence-electron chi connectivity index (χ3n) is 7.06. The summed E-state index contributed by atoms with van der Waals surface area (Å²) in [5, 5.41) is 5.64. The van der Waals surface area contributed by atoms with E-state index in [4.69, 9.17) is 14.5 Å². The van der Waals surface area contributed by atoms with E-state index < -0.39 is 11.3 Å². The van der Waals surface area contributed by atoms with E-state index in [2.05, 4.69) is 15.6 Å². The second-order valence-electron chi connectivity index (χ2n) is 9.92. The number of hydrogen-bond acceptors (Lipinski definition) is 8. The van der Waals surface area contributed by atoms with Crippen molar-refractivity contribution in [2.75, 3.05) is 18.7 Å². The molecule has 0 spiro atoms. The van der Waals surface area contributed by atoms with Crippen LogP contribution in [0.2, 0.25) is 0 Å². The highest BCUT2D eigenvalue weighted by atomic mass is 32.2. The van der Waals surface area contributed by atoms with Crippen LogP contribution in [0.5, 0.6) is 11.5 Å². The first-order valence-electron chi connectivity index (χ1n) is 13.8. The summed E-state index contributed by atoms with van der Waals surface area (Å²) in [6, 6.07) is 21.6. The highest BCUT2D eigenvalue weighted by Crippen LogP contribution is 2.37. The molecule has 2 atom stereocenters. The van der Waals surface area contributed by atoms with Crippen LogP contribution in [0.4, 0.5) is 11.4 Å². The van der Waals surface area contributed by atoms with Gasteiger partial charge in [0.15, 0.2) is 16.7 Å². The number of anilines is 1. The fourth-order valence-corrected chi connectivity index (χ4v) is 5.92. The molecule has 0 saturated heterocycles. The fraction of sp³-hybridized carbons (Fsp3) is 0.258. The van der Waals surface area contributed by atoms with Crippen molar-refractivity contribution in [3.05, 3.63) is 83.9 Å². The molecule has 0 bridgehead atoms. The normalized spacial score (nSPS) is 17.1. The van der Waals surface area contributed by atoms with Gasteiger partial charge in [0.1, 0.15) is 11.9 Å². The van der Waals surface area contributed by atoms with E-state index in [1.54, 1.807) is 18.2 Å². The number of amidine groups is 2. The number of para-hydroxylation sites is 1. The molecule has 0 saturated carbocycles. The number of carbonyl (C=O) groups excluding carboxylic acids is 3. The van der Waals surface area contributed by atoms with Crippen molar-refractivity contribution >= 4 is 51.9 Å². The Bertz CT molecular complexity index is 1590. The van der Waals surface area contributed by atoms with E-state index in [0.717, 1.165) is 5.56 Å². The molecule has 0 aliphatic carbocycles. The third kappa shape index (κ3) is 5.73. The van der Waals surface area contributed by atoms with Gasteiger partial charge in [-0.25, -0.2) is 9.89 Å². The van der Waals surface area contributed by atoms with Gasteiger partial charge in [-0.3, -0.25) is 19.4 Å². The Morgan fingerprint density at radius 3 is 2.67 bits per heavy atom. The monoisotopic (exact) mass is 583 g/mol. The van der Waals surface area contributed by atoms with Crippen LogP contribution in [-0.2, 0) is 20.8 Å². The Kier molecular flexibility index (Phi) is 7.91. The summed E-state index contributed by atoms with van der Waals surface area (Å²) in [4.78, 5) is 50.6. The first-order valence-corrected chi connectivity index (χ1v) is 14.7. The van der Waals surface area contributed by atoms with Gasteiger partial charge in [0.2, 0.25) is 18.6 Å². The number of nitrogens with zero attached hydrogens (tertiary/aromatic N) is 3. The van der Waals surface area contributed by atoms with Gasteiger partial charge < -0.3 is 20.1 Å². The first kappa shape index (κ1) is 27.5. The number of hydrogen-bond donors (Lipinski definition) is 2. The molecule has 3 amide bonds.